The third-order valence-corrected chi connectivity index (χ3v) is 6.85. The van der Waals surface area contributed by atoms with Gasteiger partial charge in [-0.25, -0.2) is 8.42 Å². The highest BCUT2D eigenvalue weighted by molar-refractivity contribution is 7.92. The average molecular weight is 522 g/mol. The quantitative estimate of drug-likeness (QED) is 0.497. The van der Waals surface area contributed by atoms with Crippen LogP contribution in [-0.2, 0) is 26.2 Å². The van der Waals surface area contributed by atoms with E-state index < -0.39 is 21.6 Å². The summed E-state index contributed by atoms with van der Waals surface area (Å²) >= 11 is 5.93. The van der Waals surface area contributed by atoms with Gasteiger partial charge in [-0.1, -0.05) is 41.4 Å². The molecule has 0 saturated carbocycles. The standard InChI is InChI=1S/C26H36ClN3O4S/c1-19-9-11-21(12-10-19)18-29(20(2)25(32)28-26(3,4)5)24(31)8-7-17-30(35(6,33)34)23-15-13-22(27)14-16-23/h9-16,20H,7-8,17-18H2,1-6H3,(H,28,32)/t20-/m0/s1. The summed E-state index contributed by atoms with van der Waals surface area (Å²) in [5.74, 6) is -0.455. The minimum Gasteiger partial charge on any atom is -0.350 e. The number of rotatable bonds is 10. The molecule has 35 heavy (non-hydrogen) atoms. The molecular weight excluding hydrogens is 486 g/mol. The van der Waals surface area contributed by atoms with Gasteiger partial charge in [-0.05, 0) is 70.9 Å². The fourth-order valence-electron chi connectivity index (χ4n) is 3.56. The first-order valence-corrected chi connectivity index (χ1v) is 13.8. The molecule has 0 aliphatic rings. The van der Waals surface area contributed by atoms with Crippen molar-refractivity contribution in [1.29, 1.82) is 0 Å². The van der Waals surface area contributed by atoms with E-state index in [1.807, 2.05) is 52.0 Å². The van der Waals surface area contributed by atoms with Crippen LogP contribution in [-0.4, -0.2) is 49.5 Å². The topological polar surface area (TPSA) is 86.8 Å². The van der Waals surface area contributed by atoms with E-state index in [0.29, 0.717) is 17.1 Å². The summed E-state index contributed by atoms with van der Waals surface area (Å²) in [6, 6.07) is 13.6. The second kappa shape index (κ2) is 11.9. The minimum atomic E-state index is -3.55. The number of aryl methyl sites for hydroxylation is 1. The number of nitrogens with zero attached hydrogens (tertiary/aromatic N) is 2. The number of nitrogens with one attached hydrogen (secondary N) is 1. The lowest BCUT2D eigenvalue weighted by Gasteiger charge is -2.32. The number of carbonyl (C=O) groups excluding carboxylic acids is 2. The Balaban J connectivity index is 2.17. The van der Waals surface area contributed by atoms with Crippen LogP contribution >= 0.6 is 11.6 Å². The smallest absolute Gasteiger partial charge is 0.242 e. The predicted octanol–water partition coefficient (Wildman–Crippen LogP) is 4.53. The van der Waals surface area contributed by atoms with E-state index in [4.69, 9.17) is 11.6 Å². The van der Waals surface area contributed by atoms with Crippen LogP contribution in [0.15, 0.2) is 48.5 Å². The van der Waals surface area contributed by atoms with Crippen molar-refractivity contribution in [3.63, 3.8) is 0 Å². The number of amides is 2. The van der Waals surface area contributed by atoms with Crippen LogP contribution in [0.4, 0.5) is 5.69 Å². The first-order chi connectivity index (χ1) is 16.2. The minimum absolute atomic E-state index is 0.0958. The molecule has 0 aliphatic heterocycles. The van der Waals surface area contributed by atoms with Gasteiger partial charge in [0.05, 0.1) is 11.9 Å². The zero-order valence-corrected chi connectivity index (χ0v) is 22.9. The Labute approximate surface area is 214 Å². The van der Waals surface area contributed by atoms with Crippen LogP contribution in [0.3, 0.4) is 0 Å². The van der Waals surface area contributed by atoms with Crippen LogP contribution < -0.4 is 9.62 Å². The Kier molecular flexibility index (Phi) is 9.75. The molecule has 0 saturated heterocycles. The Morgan fingerprint density at radius 3 is 2.11 bits per heavy atom. The zero-order valence-electron chi connectivity index (χ0n) is 21.3. The molecule has 0 bridgehead atoms. The number of sulfonamides is 1. The largest absolute Gasteiger partial charge is 0.350 e. The van der Waals surface area contributed by atoms with Crippen molar-refractivity contribution in [2.45, 2.75) is 65.6 Å². The van der Waals surface area contributed by atoms with Crippen molar-refractivity contribution in [2.24, 2.45) is 0 Å². The number of carbonyl (C=O) groups is 2. The summed E-state index contributed by atoms with van der Waals surface area (Å²) in [7, 11) is -3.55. The maximum Gasteiger partial charge on any atom is 0.242 e. The van der Waals surface area contributed by atoms with Crippen molar-refractivity contribution in [3.8, 4) is 0 Å². The highest BCUT2D eigenvalue weighted by atomic mass is 35.5. The lowest BCUT2D eigenvalue weighted by Crippen LogP contribution is -2.52. The summed E-state index contributed by atoms with van der Waals surface area (Å²) < 4.78 is 26.0. The monoisotopic (exact) mass is 521 g/mol. The van der Waals surface area contributed by atoms with Crippen LogP contribution in [0.5, 0.6) is 0 Å². The summed E-state index contributed by atoms with van der Waals surface area (Å²) in [6.07, 6.45) is 1.52. The molecule has 2 rings (SSSR count). The van der Waals surface area contributed by atoms with E-state index >= 15 is 0 Å². The van der Waals surface area contributed by atoms with Gasteiger partial charge in [-0.2, -0.15) is 0 Å². The van der Waals surface area contributed by atoms with E-state index in [9.17, 15) is 18.0 Å². The second-order valence-corrected chi connectivity index (χ2v) is 12.2. The molecule has 0 spiro atoms. The van der Waals surface area contributed by atoms with Gasteiger partial charge in [0.2, 0.25) is 21.8 Å². The number of anilines is 1. The Morgan fingerprint density at radius 2 is 1.60 bits per heavy atom. The third-order valence-electron chi connectivity index (χ3n) is 5.41. The van der Waals surface area contributed by atoms with Crippen LogP contribution in [0, 0.1) is 6.92 Å². The first kappa shape index (κ1) is 28.7. The molecule has 1 atom stereocenters. The molecule has 0 aliphatic carbocycles. The SMILES string of the molecule is Cc1ccc(CN(C(=O)CCCN(c2ccc(Cl)cc2)S(C)(=O)=O)[C@@H](C)C(=O)NC(C)(C)C)cc1. The van der Waals surface area contributed by atoms with Crippen LogP contribution in [0.2, 0.25) is 5.02 Å². The van der Waals surface area contributed by atoms with Crippen LogP contribution in [0.1, 0.15) is 51.7 Å². The molecular formula is C26H36ClN3O4S. The molecule has 2 aromatic carbocycles. The van der Waals surface area contributed by atoms with Crippen molar-refractivity contribution < 1.29 is 18.0 Å². The number of hydrogen-bond acceptors (Lipinski definition) is 4. The Hall–Kier alpha value is -2.58. The molecule has 192 valence electrons. The summed E-state index contributed by atoms with van der Waals surface area (Å²) in [4.78, 5) is 27.7. The molecule has 0 heterocycles. The maximum atomic E-state index is 13.3. The fourth-order valence-corrected chi connectivity index (χ4v) is 4.65. The summed E-state index contributed by atoms with van der Waals surface area (Å²) in [5, 5.41) is 3.44. The third kappa shape index (κ3) is 9.18. The van der Waals surface area contributed by atoms with E-state index in [-0.39, 0.29) is 31.3 Å². The number of benzene rings is 2. The van der Waals surface area contributed by atoms with E-state index in [1.54, 1.807) is 36.1 Å². The number of halogens is 1. The van der Waals surface area contributed by atoms with Crippen molar-refractivity contribution >= 4 is 39.1 Å². The maximum absolute atomic E-state index is 13.3. The molecule has 9 heteroatoms. The van der Waals surface area contributed by atoms with Gasteiger partial charge in [0, 0.05) is 30.1 Å². The number of hydrogen-bond donors (Lipinski definition) is 1. The molecule has 2 aromatic rings. The highest BCUT2D eigenvalue weighted by Gasteiger charge is 2.28. The predicted molar refractivity (Wildman–Crippen MR) is 142 cm³/mol. The van der Waals surface area contributed by atoms with Crippen LogP contribution in [0.25, 0.3) is 0 Å². The Bertz CT molecular complexity index is 1110. The summed E-state index contributed by atoms with van der Waals surface area (Å²) in [5.41, 5.74) is 2.07. The van der Waals surface area contributed by atoms with Gasteiger partial charge < -0.3 is 10.2 Å². The lowest BCUT2D eigenvalue weighted by molar-refractivity contribution is -0.141. The van der Waals surface area contributed by atoms with Crippen molar-refractivity contribution in [1.82, 2.24) is 10.2 Å². The van der Waals surface area contributed by atoms with Crippen molar-refractivity contribution in [3.05, 3.63) is 64.7 Å². The van der Waals surface area contributed by atoms with Gasteiger partial charge in [0.15, 0.2) is 0 Å². The highest BCUT2D eigenvalue weighted by Crippen LogP contribution is 2.21. The van der Waals surface area contributed by atoms with E-state index in [2.05, 4.69) is 5.32 Å². The van der Waals surface area contributed by atoms with Gasteiger partial charge in [0.25, 0.3) is 0 Å². The van der Waals surface area contributed by atoms with Gasteiger partial charge >= 0.3 is 0 Å². The molecule has 0 fully saturated rings. The first-order valence-electron chi connectivity index (χ1n) is 11.6. The van der Waals surface area contributed by atoms with Gasteiger partial charge in [0.1, 0.15) is 6.04 Å². The molecule has 2 amide bonds. The lowest BCUT2D eigenvalue weighted by atomic mass is 10.1. The van der Waals surface area contributed by atoms with Gasteiger partial charge in [-0.3, -0.25) is 13.9 Å². The summed E-state index contributed by atoms with van der Waals surface area (Å²) in [6.45, 7) is 9.78. The molecule has 0 aromatic heterocycles. The molecule has 0 unspecified atom stereocenters. The second-order valence-electron chi connectivity index (χ2n) is 9.84. The normalized spacial score (nSPS) is 12.7. The average Bonchev–Trinajstić information content (AvgIpc) is 2.74. The van der Waals surface area contributed by atoms with Crippen molar-refractivity contribution in [2.75, 3.05) is 17.1 Å². The molecule has 0 radical (unpaired) electrons. The van der Waals surface area contributed by atoms with Gasteiger partial charge in [-0.15, -0.1) is 0 Å². The van der Waals surface area contributed by atoms with E-state index in [0.717, 1.165) is 17.4 Å². The zero-order chi connectivity index (χ0) is 26.4. The molecule has 1 N–H and O–H groups in total. The molecule has 7 nitrogen and oxygen atoms in total. The fraction of sp³-hybridized carbons (Fsp3) is 0.462. The Morgan fingerprint density at radius 1 is 1.03 bits per heavy atom. The van der Waals surface area contributed by atoms with E-state index in [1.165, 1.54) is 4.31 Å².